The number of allylic oxidation sites excluding steroid dienone is 1. The highest BCUT2D eigenvalue weighted by Crippen LogP contribution is 2.22. The third-order valence-corrected chi connectivity index (χ3v) is 3.55. The van der Waals surface area contributed by atoms with Crippen LogP contribution in [0.3, 0.4) is 0 Å². The molecule has 0 heterocycles. The molecule has 0 amide bonds. The summed E-state index contributed by atoms with van der Waals surface area (Å²) < 4.78 is 0. The first kappa shape index (κ1) is 16.0. The van der Waals surface area contributed by atoms with E-state index in [0.29, 0.717) is 12.0 Å². The first-order valence-corrected chi connectivity index (χ1v) is 7.63. The van der Waals surface area contributed by atoms with Crippen molar-refractivity contribution < 1.29 is 0 Å². The topological polar surface area (TPSA) is 12.0 Å². The molecule has 0 saturated carbocycles. The summed E-state index contributed by atoms with van der Waals surface area (Å²) in [5.74, 6) is 0.608. The predicted octanol–water partition coefficient (Wildman–Crippen LogP) is 5.21. The number of benzene rings is 1. The third kappa shape index (κ3) is 5.61. The maximum Gasteiger partial charge on any atom is 0.0320 e. The highest BCUT2D eigenvalue weighted by molar-refractivity contribution is 5.26. The molecule has 0 aliphatic rings. The van der Waals surface area contributed by atoms with Gasteiger partial charge in [-0.05, 0) is 49.3 Å². The largest absolute Gasteiger partial charge is 0.310 e. The maximum atomic E-state index is 3.80. The molecule has 0 saturated heterocycles. The normalized spacial score (nSPS) is 12.6. The van der Waals surface area contributed by atoms with Gasteiger partial charge in [0.05, 0.1) is 0 Å². The van der Waals surface area contributed by atoms with Crippen molar-refractivity contribution in [3.8, 4) is 0 Å². The summed E-state index contributed by atoms with van der Waals surface area (Å²) in [6.45, 7) is 11.6. The zero-order valence-electron chi connectivity index (χ0n) is 12.8. The van der Waals surface area contributed by atoms with E-state index >= 15 is 0 Å². The van der Waals surface area contributed by atoms with Crippen LogP contribution in [-0.4, -0.2) is 6.54 Å². The average Bonchev–Trinajstić information content (AvgIpc) is 2.43. The second-order valence-electron chi connectivity index (χ2n) is 5.55. The Morgan fingerprint density at radius 1 is 1.16 bits per heavy atom. The molecule has 1 nitrogen and oxygen atoms in total. The van der Waals surface area contributed by atoms with Crippen LogP contribution < -0.4 is 5.32 Å². The van der Waals surface area contributed by atoms with Gasteiger partial charge in [-0.1, -0.05) is 51.1 Å². The fraction of sp³-hybridized carbons (Fsp3) is 0.556. The van der Waals surface area contributed by atoms with E-state index in [9.17, 15) is 0 Å². The molecule has 1 rings (SSSR count). The number of unbranched alkanes of at least 4 members (excludes halogenated alkanes) is 1. The Morgan fingerprint density at radius 2 is 1.79 bits per heavy atom. The van der Waals surface area contributed by atoms with Crippen LogP contribution in [0.2, 0.25) is 0 Å². The van der Waals surface area contributed by atoms with Crippen LogP contribution in [0.5, 0.6) is 0 Å². The minimum absolute atomic E-state index is 0.487. The molecule has 1 aromatic carbocycles. The third-order valence-electron chi connectivity index (χ3n) is 3.55. The van der Waals surface area contributed by atoms with Crippen LogP contribution in [0, 0.1) is 0 Å². The number of hydrogen-bond donors (Lipinski definition) is 1. The molecular formula is C18H29N. The lowest BCUT2D eigenvalue weighted by atomic mass is 9.96. The fourth-order valence-corrected chi connectivity index (χ4v) is 2.28. The first-order chi connectivity index (χ1) is 9.19. The van der Waals surface area contributed by atoms with Gasteiger partial charge in [-0.25, -0.2) is 0 Å². The fourth-order valence-electron chi connectivity index (χ4n) is 2.28. The molecule has 0 fully saturated rings. The number of hydrogen-bond acceptors (Lipinski definition) is 1. The van der Waals surface area contributed by atoms with Crippen molar-refractivity contribution in [2.45, 2.75) is 58.4 Å². The highest BCUT2D eigenvalue weighted by Gasteiger charge is 2.10. The molecule has 0 aromatic heterocycles. The van der Waals surface area contributed by atoms with Gasteiger partial charge in [0.2, 0.25) is 0 Å². The summed E-state index contributed by atoms with van der Waals surface area (Å²) in [6.07, 6.45) is 6.69. The van der Waals surface area contributed by atoms with Crippen molar-refractivity contribution in [3.63, 3.8) is 0 Å². The van der Waals surface area contributed by atoms with Gasteiger partial charge >= 0.3 is 0 Å². The Morgan fingerprint density at radius 3 is 2.32 bits per heavy atom. The quantitative estimate of drug-likeness (QED) is 0.474. The Kier molecular flexibility index (Phi) is 7.50. The molecule has 0 aliphatic heterocycles. The van der Waals surface area contributed by atoms with Crippen LogP contribution in [0.4, 0.5) is 0 Å². The minimum atomic E-state index is 0.487. The van der Waals surface area contributed by atoms with Crippen molar-refractivity contribution in [1.82, 2.24) is 5.32 Å². The molecule has 1 atom stereocenters. The molecule has 1 heteroatoms. The first-order valence-electron chi connectivity index (χ1n) is 7.63. The van der Waals surface area contributed by atoms with Gasteiger partial charge in [-0.15, -0.1) is 6.58 Å². The lowest BCUT2D eigenvalue weighted by Crippen LogP contribution is -2.22. The highest BCUT2D eigenvalue weighted by atomic mass is 14.9. The van der Waals surface area contributed by atoms with Gasteiger partial charge < -0.3 is 5.32 Å². The Hall–Kier alpha value is -1.08. The molecule has 106 valence electrons. The molecule has 1 N–H and O–H groups in total. The van der Waals surface area contributed by atoms with E-state index in [4.69, 9.17) is 0 Å². The van der Waals surface area contributed by atoms with Gasteiger partial charge in [0.25, 0.3) is 0 Å². The second-order valence-corrected chi connectivity index (χ2v) is 5.55. The lowest BCUT2D eigenvalue weighted by molar-refractivity contribution is 0.486. The number of rotatable bonds is 9. The van der Waals surface area contributed by atoms with Crippen LogP contribution in [-0.2, 0) is 0 Å². The van der Waals surface area contributed by atoms with Crippen LogP contribution in [0.25, 0.3) is 0 Å². The second kappa shape index (κ2) is 8.92. The molecule has 0 aliphatic carbocycles. The van der Waals surface area contributed by atoms with Gasteiger partial charge in [-0.3, -0.25) is 0 Å². The Labute approximate surface area is 119 Å². The summed E-state index contributed by atoms with van der Waals surface area (Å²) >= 11 is 0. The summed E-state index contributed by atoms with van der Waals surface area (Å²) in [4.78, 5) is 0. The van der Waals surface area contributed by atoms with Crippen LogP contribution >= 0.6 is 0 Å². The summed E-state index contributed by atoms with van der Waals surface area (Å²) in [7, 11) is 0. The van der Waals surface area contributed by atoms with Crippen molar-refractivity contribution in [3.05, 3.63) is 48.0 Å². The standard InChI is InChI=1S/C18H29N/c1-5-7-8-9-18(19-14-6-2)17-12-10-16(11-13-17)15(3)4/h5,10-13,15,18-19H,1,6-9,14H2,2-4H3. The van der Waals surface area contributed by atoms with E-state index in [1.807, 2.05) is 6.08 Å². The molecule has 1 unspecified atom stereocenters. The predicted molar refractivity (Wildman–Crippen MR) is 85.6 cm³/mol. The number of nitrogens with one attached hydrogen (secondary N) is 1. The van der Waals surface area contributed by atoms with E-state index in [-0.39, 0.29) is 0 Å². The van der Waals surface area contributed by atoms with Crippen molar-refractivity contribution in [2.24, 2.45) is 0 Å². The van der Waals surface area contributed by atoms with Gasteiger partial charge in [0.15, 0.2) is 0 Å². The summed E-state index contributed by atoms with van der Waals surface area (Å²) in [5.41, 5.74) is 2.84. The minimum Gasteiger partial charge on any atom is -0.310 e. The molecule has 0 spiro atoms. The zero-order valence-corrected chi connectivity index (χ0v) is 12.8. The van der Waals surface area contributed by atoms with Gasteiger partial charge in [0.1, 0.15) is 0 Å². The van der Waals surface area contributed by atoms with E-state index in [1.165, 1.54) is 30.4 Å². The lowest BCUT2D eigenvalue weighted by Gasteiger charge is -2.19. The van der Waals surface area contributed by atoms with Crippen LogP contribution in [0.15, 0.2) is 36.9 Å². The van der Waals surface area contributed by atoms with Crippen molar-refractivity contribution in [1.29, 1.82) is 0 Å². The SMILES string of the molecule is C=CCCCC(NCCC)c1ccc(C(C)C)cc1. The smallest absolute Gasteiger partial charge is 0.0320 e. The monoisotopic (exact) mass is 259 g/mol. The van der Waals surface area contributed by atoms with Crippen LogP contribution in [0.1, 0.15) is 69.5 Å². The maximum absolute atomic E-state index is 3.80. The van der Waals surface area contributed by atoms with E-state index in [0.717, 1.165) is 13.0 Å². The molecule has 19 heavy (non-hydrogen) atoms. The van der Waals surface area contributed by atoms with E-state index in [2.05, 4.69) is 56.9 Å². The Balaban J connectivity index is 2.68. The van der Waals surface area contributed by atoms with Gasteiger partial charge in [-0.2, -0.15) is 0 Å². The Bertz CT molecular complexity index is 350. The van der Waals surface area contributed by atoms with Crippen molar-refractivity contribution in [2.75, 3.05) is 6.54 Å². The summed E-state index contributed by atoms with van der Waals surface area (Å²) in [6, 6.07) is 9.61. The molecule has 0 bridgehead atoms. The van der Waals surface area contributed by atoms with Gasteiger partial charge in [0, 0.05) is 6.04 Å². The van der Waals surface area contributed by atoms with E-state index < -0.39 is 0 Å². The average molecular weight is 259 g/mol. The van der Waals surface area contributed by atoms with E-state index in [1.54, 1.807) is 0 Å². The molecular weight excluding hydrogens is 230 g/mol. The van der Waals surface area contributed by atoms with Crippen molar-refractivity contribution >= 4 is 0 Å². The summed E-state index contributed by atoms with van der Waals surface area (Å²) in [5, 5.41) is 3.66. The molecule has 1 aromatic rings. The zero-order chi connectivity index (χ0) is 14.1. The molecule has 0 radical (unpaired) electrons.